The molecule has 0 fully saturated rings. The minimum absolute atomic E-state index is 0.374. The molecule has 150 valence electrons. The number of hydrogen-bond donors (Lipinski definition) is 2. The second kappa shape index (κ2) is 10.6. The minimum atomic E-state index is -0.374. The molecule has 3 aromatic rings. The van der Waals surface area contributed by atoms with Gasteiger partial charge in [-0.05, 0) is 59.7 Å². The van der Waals surface area contributed by atoms with Gasteiger partial charge in [-0.2, -0.15) is 10.2 Å². The smallest absolute Gasteiger partial charge is 0.267 e. The van der Waals surface area contributed by atoms with Crippen LogP contribution in [0.25, 0.3) is 0 Å². The van der Waals surface area contributed by atoms with E-state index in [1.807, 2.05) is 48.5 Å². The summed E-state index contributed by atoms with van der Waals surface area (Å²) in [5.74, 6) is -0.748. The van der Waals surface area contributed by atoms with Gasteiger partial charge >= 0.3 is 0 Å². The fraction of sp³-hybridized carbons (Fsp3) is 0. The van der Waals surface area contributed by atoms with Crippen LogP contribution in [-0.2, 0) is 0 Å². The molecule has 0 saturated heterocycles. The van der Waals surface area contributed by atoms with Gasteiger partial charge in [-0.1, -0.05) is 56.1 Å². The Morgan fingerprint density at radius 1 is 0.667 bits per heavy atom. The summed E-state index contributed by atoms with van der Waals surface area (Å²) >= 11 is 6.75. The van der Waals surface area contributed by atoms with E-state index in [1.54, 1.807) is 36.7 Å². The van der Waals surface area contributed by atoms with Gasteiger partial charge in [0, 0.05) is 20.1 Å². The fourth-order valence-electron chi connectivity index (χ4n) is 2.41. The van der Waals surface area contributed by atoms with E-state index in [4.69, 9.17) is 0 Å². The Morgan fingerprint density at radius 2 is 1.07 bits per heavy atom. The summed E-state index contributed by atoms with van der Waals surface area (Å²) in [6.45, 7) is 0. The summed E-state index contributed by atoms with van der Waals surface area (Å²) in [5.41, 5.74) is 7.38. The SMILES string of the molecule is O=C(N/N=C/c1cccc(Br)c1)c1ccc(C(=O)N/N=C/c2cccc(Br)c2)cc1. The van der Waals surface area contributed by atoms with Crippen LogP contribution in [0.15, 0.2) is 91.9 Å². The first-order chi connectivity index (χ1) is 14.5. The molecule has 0 radical (unpaired) electrons. The molecule has 0 aromatic heterocycles. The van der Waals surface area contributed by atoms with E-state index in [9.17, 15) is 9.59 Å². The number of nitrogens with zero attached hydrogens (tertiary/aromatic N) is 2. The highest BCUT2D eigenvalue weighted by Crippen LogP contribution is 2.11. The van der Waals surface area contributed by atoms with Crippen LogP contribution in [0.5, 0.6) is 0 Å². The lowest BCUT2D eigenvalue weighted by atomic mass is 10.1. The molecule has 8 heteroatoms. The quantitative estimate of drug-likeness (QED) is 0.358. The first-order valence-corrected chi connectivity index (χ1v) is 10.4. The van der Waals surface area contributed by atoms with Crippen LogP contribution in [0.2, 0.25) is 0 Å². The molecule has 6 nitrogen and oxygen atoms in total. The van der Waals surface area contributed by atoms with Crippen LogP contribution in [-0.4, -0.2) is 24.2 Å². The van der Waals surface area contributed by atoms with Crippen LogP contribution in [0.3, 0.4) is 0 Å². The lowest BCUT2D eigenvalue weighted by Crippen LogP contribution is -2.19. The molecular weight excluding hydrogens is 512 g/mol. The van der Waals surface area contributed by atoms with Crippen molar-refractivity contribution in [3.05, 3.63) is 104 Å². The molecule has 0 aliphatic heterocycles. The third kappa shape index (κ3) is 6.47. The molecular formula is C22H16Br2N4O2. The van der Waals surface area contributed by atoms with Crippen molar-refractivity contribution < 1.29 is 9.59 Å². The Bertz CT molecular complexity index is 1020. The van der Waals surface area contributed by atoms with Crippen molar-refractivity contribution in [1.29, 1.82) is 0 Å². The van der Waals surface area contributed by atoms with E-state index in [0.29, 0.717) is 11.1 Å². The molecule has 0 unspecified atom stereocenters. The number of carbonyl (C=O) groups excluding carboxylic acids is 2. The molecule has 0 heterocycles. The van der Waals surface area contributed by atoms with Gasteiger partial charge in [-0.3, -0.25) is 9.59 Å². The van der Waals surface area contributed by atoms with Crippen LogP contribution in [0.1, 0.15) is 31.8 Å². The summed E-state index contributed by atoms with van der Waals surface area (Å²) in [4.78, 5) is 24.4. The molecule has 0 atom stereocenters. The Labute approximate surface area is 190 Å². The predicted molar refractivity (Wildman–Crippen MR) is 125 cm³/mol. The van der Waals surface area contributed by atoms with Crippen molar-refractivity contribution in [3.63, 3.8) is 0 Å². The van der Waals surface area contributed by atoms with Crippen LogP contribution in [0, 0.1) is 0 Å². The standard InChI is InChI=1S/C22H16Br2N4O2/c23-19-5-1-3-15(11-19)13-25-27-21(29)17-7-9-18(10-8-17)22(30)28-26-14-16-4-2-6-20(24)12-16/h1-14H,(H,27,29)(H,28,30)/b25-13+,26-14+. The number of nitrogens with one attached hydrogen (secondary N) is 2. The number of benzene rings is 3. The Balaban J connectivity index is 1.54. The van der Waals surface area contributed by atoms with E-state index >= 15 is 0 Å². The first kappa shape index (κ1) is 21.6. The third-order valence-electron chi connectivity index (χ3n) is 3.87. The van der Waals surface area contributed by atoms with Crippen LogP contribution >= 0.6 is 31.9 Å². The van der Waals surface area contributed by atoms with Gasteiger partial charge in [0.15, 0.2) is 0 Å². The number of hydrogen-bond acceptors (Lipinski definition) is 4. The van der Waals surface area contributed by atoms with Crippen molar-refractivity contribution in [2.75, 3.05) is 0 Å². The second-order valence-corrected chi connectivity index (χ2v) is 7.92. The topological polar surface area (TPSA) is 82.9 Å². The third-order valence-corrected chi connectivity index (χ3v) is 4.85. The molecule has 3 aromatic carbocycles. The Morgan fingerprint density at radius 3 is 1.43 bits per heavy atom. The molecule has 0 aliphatic rings. The summed E-state index contributed by atoms with van der Waals surface area (Å²) in [6.07, 6.45) is 3.10. The number of halogens is 2. The van der Waals surface area contributed by atoms with Gasteiger partial charge in [-0.15, -0.1) is 0 Å². The highest BCUT2D eigenvalue weighted by molar-refractivity contribution is 9.10. The lowest BCUT2D eigenvalue weighted by molar-refractivity contribution is 0.0943. The van der Waals surface area contributed by atoms with Crippen LogP contribution in [0.4, 0.5) is 0 Å². The van der Waals surface area contributed by atoms with Crippen molar-refractivity contribution in [3.8, 4) is 0 Å². The summed E-state index contributed by atoms with van der Waals surface area (Å²) in [6, 6.07) is 21.3. The van der Waals surface area contributed by atoms with E-state index in [1.165, 1.54) is 0 Å². The summed E-state index contributed by atoms with van der Waals surface area (Å²) in [5, 5.41) is 7.89. The molecule has 0 spiro atoms. The molecule has 30 heavy (non-hydrogen) atoms. The summed E-state index contributed by atoms with van der Waals surface area (Å²) < 4.78 is 1.85. The lowest BCUT2D eigenvalue weighted by Gasteiger charge is -2.03. The maximum Gasteiger partial charge on any atom is 0.271 e. The highest BCUT2D eigenvalue weighted by Gasteiger charge is 2.08. The normalized spacial score (nSPS) is 11.0. The highest BCUT2D eigenvalue weighted by atomic mass is 79.9. The van der Waals surface area contributed by atoms with E-state index in [-0.39, 0.29) is 11.8 Å². The molecule has 2 N–H and O–H groups in total. The van der Waals surface area contributed by atoms with E-state index in [0.717, 1.165) is 20.1 Å². The number of carbonyl (C=O) groups is 2. The van der Waals surface area contributed by atoms with E-state index in [2.05, 4.69) is 52.9 Å². The average molecular weight is 528 g/mol. The molecule has 0 saturated carbocycles. The predicted octanol–water partition coefficient (Wildman–Crippen LogP) is 4.74. The average Bonchev–Trinajstić information content (AvgIpc) is 2.74. The number of hydrazone groups is 2. The zero-order valence-electron chi connectivity index (χ0n) is 15.5. The maximum absolute atomic E-state index is 12.2. The fourth-order valence-corrected chi connectivity index (χ4v) is 3.24. The second-order valence-electron chi connectivity index (χ2n) is 6.09. The van der Waals surface area contributed by atoms with Crippen LogP contribution < -0.4 is 10.9 Å². The molecule has 2 amide bonds. The molecule has 0 bridgehead atoms. The monoisotopic (exact) mass is 526 g/mol. The van der Waals surface area contributed by atoms with Crippen molar-refractivity contribution in [2.24, 2.45) is 10.2 Å². The largest absolute Gasteiger partial charge is 0.271 e. The van der Waals surface area contributed by atoms with Gasteiger partial charge in [0.2, 0.25) is 0 Å². The van der Waals surface area contributed by atoms with Crippen molar-refractivity contribution in [1.82, 2.24) is 10.9 Å². The zero-order valence-corrected chi connectivity index (χ0v) is 18.7. The van der Waals surface area contributed by atoms with Gasteiger partial charge in [0.25, 0.3) is 11.8 Å². The molecule has 0 aliphatic carbocycles. The van der Waals surface area contributed by atoms with Gasteiger partial charge in [0.1, 0.15) is 0 Å². The number of amides is 2. The first-order valence-electron chi connectivity index (χ1n) is 8.79. The van der Waals surface area contributed by atoms with Crippen molar-refractivity contribution >= 4 is 56.1 Å². The summed E-state index contributed by atoms with van der Waals surface area (Å²) in [7, 11) is 0. The van der Waals surface area contributed by atoms with Gasteiger partial charge in [-0.25, -0.2) is 10.9 Å². The maximum atomic E-state index is 12.2. The minimum Gasteiger partial charge on any atom is -0.267 e. The molecule has 3 rings (SSSR count). The van der Waals surface area contributed by atoms with Crippen molar-refractivity contribution in [2.45, 2.75) is 0 Å². The van der Waals surface area contributed by atoms with Gasteiger partial charge in [0.05, 0.1) is 12.4 Å². The zero-order chi connectivity index (χ0) is 21.3. The Hall–Kier alpha value is -3.10. The number of rotatable bonds is 6. The van der Waals surface area contributed by atoms with Gasteiger partial charge < -0.3 is 0 Å². The van der Waals surface area contributed by atoms with E-state index < -0.39 is 0 Å². The Kier molecular flexibility index (Phi) is 7.64.